The molecular formula is C15H12Cl2N2O5S2. The Morgan fingerprint density at radius 3 is 2.54 bits per heavy atom. The summed E-state index contributed by atoms with van der Waals surface area (Å²) in [6.07, 6.45) is -1.11. The number of cyclic esters (lactones) is 1. The molecule has 0 spiro atoms. The number of hydrogen-bond acceptors (Lipinski definition) is 6. The highest BCUT2D eigenvalue weighted by Crippen LogP contribution is 2.25. The van der Waals surface area contributed by atoms with Gasteiger partial charge in [0.2, 0.25) is 0 Å². The van der Waals surface area contributed by atoms with Crippen LogP contribution in [0.4, 0.5) is 10.5 Å². The molecule has 1 aromatic heterocycles. The largest absolute Gasteiger partial charge is 0.442 e. The summed E-state index contributed by atoms with van der Waals surface area (Å²) in [7, 11) is 1.44. The predicted molar refractivity (Wildman–Crippen MR) is 98.8 cm³/mol. The van der Waals surface area contributed by atoms with E-state index < -0.39 is 21.2 Å². The van der Waals surface area contributed by atoms with Crippen LogP contribution in [0.15, 0.2) is 41.3 Å². The van der Waals surface area contributed by atoms with Gasteiger partial charge < -0.3 is 10.1 Å². The summed E-state index contributed by atoms with van der Waals surface area (Å²) in [6, 6.07) is 8.78. The van der Waals surface area contributed by atoms with E-state index in [4.69, 9.17) is 27.0 Å². The molecular weight excluding hydrogens is 423 g/mol. The molecule has 1 fully saturated rings. The molecule has 2 aromatic rings. The quantitative estimate of drug-likeness (QED) is 0.729. The zero-order valence-corrected chi connectivity index (χ0v) is 16.2. The third-order valence-corrected chi connectivity index (χ3v) is 6.19. The van der Waals surface area contributed by atoms with Crippen LogP contribution in [0.5, 0.6) is 0 Å². The normalized spacial score (nSPS) is 17.2. The summed E-state index contributed by atoms with van der Waals surface area (Å²) in [4.78, 5) is 25.8. The van der Waals surface area contributed by atoms with E-state index in [2.05, 4.69) is 5.32 Å². The smallest absolute Gasteiger partial charge is 0.414 e. The molecule has 1 aliphatic heterocycles. The second kappa shape index (κ2) is 7.43. The van der Waals surface area contributed by atoms with Crippen LogP contribution >= 0.6 is 33.6 Å². The first kappa shape index (κ1) is 19.0. The second-order valence-corrected chi connectivity index (χ2v) is 9.64. The molecule has 0 aliphatic carbocycles. The van der Waals surface area contributed by atoms with Crippen molar-refractivity contribution in [2.75, 3.05) is 18.0 Å². The highest BCUT2D eigenvalue weighted by atomic mass is 35.7. The lowest BCUT2D eigenvalue weighted by Crippen LogP contribution is -2.34. The first-order valence-electron chi connectivity index (χ1n) is 7.30. The summed E-state index contributed by atoms with van der Waals surface area (Å²) >= 11 is 6.95. The molecule has 1 saturated heterocycles. The van der Waals surface area contributed by atoms with E-state index in [1.54, 1.807) is 12.1 Å². The van der Waals surface area contributed by atoms with Crippen molar-refractivity contribution in [2.24, 2.45) is 0 Å². The standard InChI is InChI=1S/C15H12Cl2N2O5S2/c16-13-6-5-12(25-13)14(20)18-7-10-8-19(15(21)24-10)9-1-3-11(4-2-9)26(17,22)23/h1-6,10H,7-8H2,(H,18,20)/t10-/m1/s1. The van der Waals surface area contributed by atoms with Gasteiger partial charge in [-0.1, -0.05) is 11.6 Å². The number of rotatable bonds is 5. The molecule has 1 aliphatic rings. The van der Waals surface area contributed by atoms with Crippen LogP contribution in [0.2, 0.25) is 4.34 Å². The number of carbonyl (C=O) groups is 2. The Hall–Kier alpha value is -1.81. The van der Waals surface area contributed by atoms with Crippen molar-refractivity contribution in [3.63, 3.8) is 0 Å². The van der Waals surface area contributed by atoms with Crippen molar-refractivity contribution in [1.29, 1.82) is 0 Å². The first-order chi connectivity index (χ1) is 12.2. The molecule has 2 heterocycles. The van der Waals surface area contributed by atoms with Crippen molar-refractivity contribution < 1.29 is 22.7 Å². The number of benzene rings is 1. The van der Waals surface area contributed by atoms with Gasteiger partial charge in [0.25, 0.3) is 15.0 Å². The van der Waals surface area contributed by atoms with Crippen LogP contribution in [0.25, 0.3) is 0 Å². The maximum Gasteiger partial charge on any atom is 0.414 e. The molecule has 2 amide bonds. The Morgan fingerprint density at radius 2 is 1.96 bits per heavy atom. The second-order valence-electron chi connectivity index (χ2n) is 5.36. The summed E-state index contributed by atoms with van der Waals surface area (Å²) in [5, 5.41) is 2.69. The minimum absolute atomic E-state index is 0.0612. The number of amides is 2. The van der Waals surface area contributed by atoms with E-state index in [0.29, 0.717) is 14.9 Å². The lowest BCUT2D eigenvalue weighted by atomic mass is 10.2. The Balaban J connectivity index is 1.61. The van der Waals surface area contributed by atoms with Crippen LogP contribution in [-0.2, 0) is 13.8 Å². The molecule has 0 radical (unpaired) electrons. The van der Waals surface area contributed by atoms with Crippen LogP contribution < -0.4 is 10.2 Å². The fourth-order valence-electron chi connectivity index (χ4n) is 2.36. The molecule has 1 aromatic carbocycles. The van der Waals surface area contributed by atoms with Crippen molar-refractivity contribution in [1.82, 2.24) is 5.32 Å². The SMILES string of the molecule is O=C(NC[C@@H]1CN(c2ccc(S(=O)(=O)Cl)cc2)C(=O)O1)c1ccc(Cl)s1. The number of hydrogen-bond donors (Lipinski definition) is 1. The molecule has 1 N–H and O–H groups in total. The third-order valence-electron chi connectivity index (χ3n) is 3.59. The third kappa shape index (κ3) is 4.29. The minimum atomic E-state index is -3.83. The van der Waals surface area contributed by atoms with Gasteiger partial charge in [0.15, 0.2) is 0 Å². The Kier molecular flexibility index (Phi) is 5.42. The van der Waals surface area contributed by atoms with Gasteiger partial charge in [-0.15, -0.1) is 11.3 Å². The van der Waals surface area contributed by atoms with Gasteiger partial charge >= 0.3 is 6.09 Å². The highest BCUT2D eigenvalue weighted by Gasteiger charge is 2.32. The highest BCUT2D eigenvalue weighted by molar-refractivity contribution is 8.13. The molecule has 3 rings (SSSR count). The van der Waals surface area contributed by atoms with Crippen LogP contribution in [0.1, 0.15) is 9.67 Å². The molecule has 26 heavy (non-hydrogen) atoms. The number of carbonyl (C=O) groups excluding carboxylic acids is 2. The number of nitrogens with zero attached hydrogens (tertiary/aromatic N) is 1. The van der Waals surface area contributed by atoms with E-state index >= 15 is 0 Å². The van der Waals surface area contributed by atoms with Gasteiger partial charge in [-0.05, 0) is 36.4 Å². The van der Waals surface area contributed by atoms with Gasteiger partial charge in [0, 0.05) is 16.4 Å². The van der Waals surface area contributed by atoms with Gasteiger partial charge in [-0.3, -0.25) is 9.69 Å². The van der Waals surface area contributed by atoms with Gasteiger partial charge in [-0.25, -0.2) is 13.2 Å². The van der Waals surface area contributed by atoms with Crippen LogP contribution in [0, 0.1) is 0 Å². The lowest BCUT2D eigenvalue weighted by Gasteiger charge is -2.13. The summed E-state index contributed by atoms with van der Waals surface area (Å²) in [5.74, 6) is -0.298. The van der Waals surface area contributed by atoms with Crippen LogP contribution in [0.3, 0.4) is 0 Å². The van der Waals surface area contributed by atoms with E-state index in [9.17, 15) is 18.0 Å². The lowest BCUT2D eigenvalue weighted by molar-refractivity contribution is 0.0920. The van der Waals surface area contributed by atoms with E-state index in [0.717, 1.165) is 11.3 Å². The monoisotopic (exact) mass is 434 g/mol. The van der Waals surface area contributed by atoms with E-state index in [1.807, 2.05) is 0 Å². The minimum Gasteiger partial charge on any atom is -0.442 e. The molecule has 11 heteroatoms. The average Bonchev–Trinajstić information content (AvgIpc) is 3.18. The fraction of sp³-hybridized carbons (Fsp3) is 0.200. The van der Waals surface area contributed by atoms with Crippen molar-refractivity contribution in [3.8, 4) is 0 Å². The first-order valence-corrected chi connectivity index (χ1v) is 10.8. The Labute approximate surface area is 162 Å². The summed E-state index contributed by atoms with van der Waals surface area (Å²) in [6.45, 7) is 0.363. The molecule has 0 unspecified atom stereocenters. The number of halogens is 2. The molecule has 138 valence electrons. The average molecular weight is 435 g/mol. The number of nitrogens with one attached hydrogen (secondary N) is 1. The van der Waals surface area contributed by atoms with Gasteiger partial charge in [-0.2, -0.15) is 0 Å². The number of thiophene rings is 1. The summed E-state index contributed by atoms with van der Waals surface area (Å²) in [5.41, 5.74) is 0.470. The molecule has 0 bridgehead atoms. The van der Waals surface area contributed by atoms with Crippen molar-refractivity contribution in [2.45, 2.75) is 11.0 Å². The fourth-order valence-corrected chi connectivity index (χ4v) is 4.09. The predicted octanol–water partition coefficient (Wildman–Crippen LogP) is 3.08. The zero-order valence-electron chi connectivity index (χ0n) is 13.0. The van der Waals surface area contributed by atoms with Crippen molar-refractivity contribution in [3.05, 3.63) is 45.6 Å². The van der Waals surface area contributed by atoms with Gasteiger partial charge in [0.05, 0.1) is 27.2 Å². The zero-order chi connectivity index (χ0) is 18.9. The molecule has 0 saturated carbocycles. The van der Waals surface area contributed by atoms with Gasteiger partial charge in [0.1, 0.15) is 6.10 Å². The summed E-state index contributed by atoms with van der Waals surface area (Å²) < 4.78 is 28.3. The maximum absolute atomic E-state index is 12.0. The van der Waals surface area contributed by atoms with E-state index in [-0.39, 0.29) is 23.9 Å². The number of anilines is 1. The maximum atomic E-state index is 12.0. The number of ether oxygens (including phenoxy) is 1. The molecule has 7 nitrogen and oxygen atoms in total. The Morgan fingerprint density at radius 1 is 1.27 bits per heavy atom. The Bertz CT molecular complexity index is 943. The van der Waals surface area contributed by atoms with Crippen molar-refractivity contribution >= 4 is 60.4 Å². The van der Waals surface area contributed by atoms with E-state index in [1.165, 1.54) is 29.2 Å². The van der Waals surface area contributed by atoms with Crippen LogP contribution in [-0.4, -0.2) is 39.6 Å². The molecule has 1 atom stereocenters. The topological polar surface area (TPSA) is 92.8 Å².